The largest absolute Gasteiger partial charge is 0.485 e. The van der Waals surface area contributed by atoms with Gasteiger partial charge in [-0.05, 0) is 48.9 Å². The lowest BCUT2D eigenvalue weighted by molar-refractivity contribution is -0.113. The first-order chi connectivity index (χ1) is 15.0. The van der Waals surface area contributed by atoms with Gasteiger partial charge >= 0.3 is 0 Å². The van der Waals surface area contributed by atoms with Crippen molar-refractivity contribution < 1.29 is 9.53 Å². The van der Waals surface area contributed by atoms with Crippen LogP contribution in [0.4, 0.5) is 5.69 Å². The summed E-state index contributed by atoms with van der Waals surface area (Å²) in [6, 6.07) is 14.3. The Bertz CT molecular complexity index is 1290. The zero-order valence-corrected chi connectivity index (χ0v) is 18.9. The van der Waals surface area contributed by atoms with Crippen molar-refractivity contribution in [2.75, 3.05) is 11.1 Å². The summed E-state index contributed by atoms with van der Waals surface area (Å²) in [6.45, 7) is 2.06. The van der Waals surface area contributed by atoms with E-state index in [1.807, 2.05) is 36.6 Å². The van der Waals surface area contributed by atoms with Gasteiger partial charge in [0.15, 0.2) is 4.96 Å². The molecule has 9 heteroatoms. The summed E-state index contributed by atoms with van der Waals surface area (Å²) in [7, 11) is 0. The van der Waals surface area contributed by atoms with Crippen molar-refractivity contribution in [2.45, 2.75) is 18.4 Å². The minimum Gasteiger partial charge on any atom is -0.485 e. The van der Waals surface area contributed by atoms with Crippen LogP contribution in [0.3, 0.4) is 0 Å². The SMILES string of the molecule is Cc1ccc(OCc2cc(=O)n3ccsc3n2)c(NC(=O)CSc2ccc(Cl)cc2)c1. The monoisotopic (exact) mass is 471 g/mol. The summed E-state index contributed by atoms with van der Waals surface area (Å²) in [5.74, 6) is 0.623. The lowest BCUT2D eigenvalue weighted by atomic mass is 10.2. The summed E-state index contributed by atoms with van der Waals surface area (Å²) in [5.41, 5.74) is 1.95. The predicted octanol–water partition coefficient (Wildman–Crippen LogP) is 5.03. The standard InChI is InChI=1S/C22H18ClN3O3S2/c1-14-2-7-19(29-12-16-11-21(28)26-8-9-30-22(26)24-16)18(10-14)25-20(27)13-31-17-5-3-15(23)4-6-17/h2-11H,12-13H2,1H3,(H,25,27). The lowest BCUT2D eigenvalue weighted by Gasteiger charge is -2.13. The van der Waals surface area contributed by atoms with Crippen LogP contribution in [0, 0.1) is 6.92 Å². The number of anilines is 1. The van der Waals surface area contributed by atoms with Crippen LogP contribution in [0.25, 0.3) is 4.96 Å². The molecule has 0 unspecified atom stereocenters. The molecule has 0 saturated carbocycles. The molecule has 0 aliphatic carbocycles. The number of hydrogen-bond acceptors (Lipinski definition) is 6. The fraction of sp³-hybridized carbons (Fsp3) is 0.136. The van der Waals surface area contributed by atoms with Crippen LogP contribution >= 0.6 is 34.7 Å². The van der Waals surface area contributed by atoms with Gasteiger partial charge < -0.3 is 10.1 Å². The first-order valence-electron chi connectivity index (χ1n) is 9.35. The zero-order valence-electron chi connectivity index (χ0n) is 16.5. The molecule has 6 nitrogen and oxygen atoms in total. The van der Waals surface area contributed by atoms with E-state index >= 15 is 0 Å². The summed E-state index contributed by atoms with van der Waals surface area (Å²) in [5, 5.41) is 5.38. The first kappa shape index (κ1) is 21.4. The van der Waals surface area contributed by atoms with Gasteiger partial charge in [0.1, 0.15) is 12.4 Å². The van der Waals surface area contributed by atoms with E-state index in [-0.39, 0.29) is 23.8 Å². The maximum absolute atomic E-state index is 12.5. The molecule has 158 valence electrons. The number of aromatic nitrogens is 2. The number of fused-ring (bicyclic) bond motifs is 1. The van der Waals surface area contributed by atoms with Crippen LogP contribution in [0.2, 0.25) is 5.02 Å². The fourth-order valence-corrected chi connectivity index (χ4v) is 4.41. The molecule has 0 spiro atoms. The molecule has 0 atom stereocenters. The van der Waals surface area contributed by atoms with Crippen molar-refractivity contribution >= 4 is 51.3 Å². The topological polar surface area (TPSA) is 72.7 Å². The summed E-state index contributed by atoms with van der Waals surface area (Å²) >= 11 is 8.70. The molecule has 2 aromatic carbocycles. The van der Waals surface area contributed by atoms with E-state index in [9.17, 15) is 9.59 Å². The van der Waals surface area contributed by atoms with Crippen molar-refractivity contribution in [3.63, 3.8) is 0 Å². The van der Waals surface area contributed by atoms with E-state index < -0.39 is 0 Å². The number of nitrogens with zero attached hydrogens (tertiary/aromatic N) is 2. The Morgan fingerprint density at radius 2 is 2.03 bits per heavy atom. The van der Waals surface area contributed by atoms with E-state index in [1.54, 1.807) is 24.4 Å². The summed E-state index contributed by atoms with van der Waals surface area (Å²) < 4.78 is 7.38. The molecule has 4 aromatic rings. The molecule has 4 rings (SSSR count). The highest BCUT2D eigenvalue weighted by Gasteiger charge is 2.11. The first-order valence-corrected chi connectivity index (χ1v) is 11.6. The number of rotatable bonds is 7. The van der Waals surface area contributed by atoms with Crippen molar-refractivity contribution in [2.24, 2.45) is 0 Å². The van der Waals surface area contributed by atoms with Crippen LogP contribution in [0.15, 0.2) is 69.8 Å². The van der Waals surface area contributed by atoms with Crippen LogP contribution in [-0.2, 0) is 11.4 Å². The van der Waals surface area contributed by atoms with E-state index in [0.717, 1.165) is 10.5 Å². The van der Waals surface area contributed by atoms with Crippen molar-refractivity contribution in [1.29, 1.82) is 0 Å². The molecule has 0 aliphatic heterocycles. The van der Waals surface area contributed by atoms with E-state index in [2.05, 4.69) is 10.3 Å². The van der Waals surface area contributed by atoms with Gasteiger partial charge in [-0.1, -0.05) is 17.7 Å². The van der Waals surface area contributed by atoms with Crippen LogP contribution in [0.1, 0.15) is 11.3 Å². The highest BCUT2D eigenvalue weighted by atomic mass is 35.5. The molecule has 1 amide bonds. The van der Waals surface area contributed by atoms with Gasteiger partial charge in [-0.25, -0.2) is 4.98 Å². The highest BCUT2D eigenvalue weighted by molar-refractivity contribution is 8.00. The minimum atomic E-state index is -0.151. The smallest absolute Gasteiger partial charge is 0.258 e. The molecule has 0 radical (unpaired) electrons. The number of halogens is 1. The average molecular weight is 472 g/mol. The normalized spacial score (nSPS) is 10.9. The van der Waals surface area contributed by atoms with E-state index in [1.165, 1.54) is 33.6 Å². The number of ether oxygens (including phenoxy) is 1. The van der Waals surface area contributed by atoms with Gasteiger partial charge in [-0.3, -0.25) is 14.0 Å². The molecule has 2 aromatic heterocycles. The van der Waals surface area contributed by atoms with Crippen LogP contribution in [0.5, 0.6) is 5.75 Å². The summed E-state index contributed by atoms with van der Waals surface area (Å²) in [6.07, 6.45) is 1.69. The van der Waals surface area contributed by atoms with Gasteiger partial charge in [-0.15, -0.1) is 23.1 Å². The van der Waals surface area contributed by atoms with Gasteiger partial charge in [0.25, 0.3) is 5.56 Å². The molecule has 2 heterocycles. The molecule has 1 N–H and O–H groups in total. The third-order valence-electron chi connectivity index (χ3n) is 4.32. The Balaban J connectivity index is 1.43. The van der Waals surface area contributed by atoms with E-state index in [0.29, 0.717) is 27.1 Å². The van der Waals surface area contributed by atoms with Gasteiger partial charge in [0.05, 0.1) is 17.1 Å². The second-order valence-electron chi connectivity index (χ2n) is 6.72. The zero-order chi connectivity index (χ0) is 21.8. The molecular formula is C22H18ClN3O3S2. The number of thioether (sulfide) groups is 1. The molecule has 0 bridgehead atoms. The summed E-state index contributed by atoms with van der Waals surface area (Å²) in [4.78, 5) is 30.6. The molecule has 0 saturated heterocycles. The van der Waals surface area contributed by atoms with E-state index in [4.69, 9.17) is 16.3 Å². The number of benzene rings is 2. The number of hydrogen-bond donors (Lipinski definition) is 1. The maximum Gasteiger partial charge on any atom is 0.258 e. The highest BCUT2D eigenvalue weighted by Crippen LogP contribution is 2.27. The van der Waals surface area contributed by atoms with Gasteiger partial charge in [0, 0.05) is 27.6 Å². The van der Waals surface area contributed by atoms with Crippen LogP contribution < -0.4 is 15.6 Å². The molecule has 0 aliphatic rings. The number of aryl methyl sites for hydroxylation is 1. The third-order valence-corrected chi connectivity index (χ3v) is 6.35. The van der Waals surface area contributed by atoms with Crippen molar-refractivity contribution in [3.8, 4) is 5.75 Å². The third kappa shape index (κ3) is 5.46. The second-order valence-corrected chi connectivity index (χ2v) is 9.08. The molecule has 31 heavy (non-hydrogen) atoms. The Morgan fingerprint density at radius 1 is 1.23 bits per heavy atom. The number of thiazole rings is 1. The Labute approximate surface area is 191 Å². The Morgan fingerprint density at radius 3 is 2.84 bits per heavy atom. The number of nitrogens with one attached hydrogen (secondary N) is 1. The predicted molar refractivity (Wildman–Crippen MR) is 126 cm³/mol. The maximum atomic E-state index is 12.5. The number of carbonyl (C=O) groups excluding carboxylic acids is 1. The van der Waals surface area contributed by atoms with Crippen molar-refractivity contribution in [1.82, 2.24) is 9.38 Å². The molecular weight excluding hydrogens is 454 g/mol. The fourth-order valence-electron chi connectivity index (χ4n) is 2.85. The lowest BCUT2D eigenvalue weighted by Crippen LogP contribution is -2.16. The quantitative estimate of drug-likeness (QED) is 0.383. The van der Waals surface area contributed by atoms with Crippen LogP contribution in [-0.4, -0.2) is 21.0 Å². The second kappa shape index (κ2) is 9.55. The average Bonchev–Trinajstić information content (AvgIpc) is 3.22. The number of carbonyl (C=O) groups is 1. The minimum absolute atomic E-state index is 0.120. The molecule has 0 fully saturated rings. The van der Waals surface area contributed by atoms with Gasteiger partial charge in [-0.2, -0.15) is 0 Å². The van der Waals surface area contributed by atoms with Gasteiger partial charge in [0.2, 0.25) is 5.91 Å². The number of amides is 1. The Hall–Kier alpha value is -2.81. The Kier molecular flexibility index (Phi) is 6.60. The van der Waals surface area contributed by atoms with Crippen molar-refractivity contribution in [3.05, 3.63) is 86.7 Å².